The molecule has 0 fully saturated rings. The summed E-state index contributed by atoms with van der Waals surface area (Å²) in [7, 11) is -15.8. The second-order valence-electron chi connectivity index (χ2n) is 11.0. The number of hydrogen-bond donors (Lipinski definition) is 0. The average molecular weight is 592 g/mol. The van der Waals surface area contributed by atoms with Crippen LogP contribution < -0.4 is 0 Å². The minimum Gasteiger partial charge on any atom is -0.436 e. The van der Waals surface area contributed by atoms with Gasteiger partial charge in [-0.3, -0.25) is 0 Å². The first-order valence-corrected chi connectivity index (χ1v) is 30.3. The Hall–Kier alpha value is 1.25. The smallest absolute Gasteiger partial charge is 0.319 e. The van der Waals surface area contributed by atoms with E-state index in [2.05, 4.69) is 45.8 Å². The van der Waals surface area contributed by atoms with Gasteiger partial charge in [0.25, 0.3) is 17.4 Å². The predicted molar refractivity (Wildman–Crippen MR) is 149 cm³/mol. The minimum atomic E-state index is -2.81. The van der Waals surface area contributed by atoms with Crippen LogP contribution >= 0.6 is 11.6 Å². The van der Waals surface area contributed by atoms with Crippen LogP contribution in [0.1, 0.15) is 20.3 Å². The second-order valence-corrected chi connectivity index (χ2v) is 36.8. The van der Waals surface area contributed by atoms with Crippen LogP contribution in [-0.4, -0.2) is 65.6 Å². The van der Waals surface area contributed by atoms with Crippen LogP contribution in [-0.2, 0) is 25.4 Å². The largest absolute Gasteiger partial charge is 0.436 e. The van der Waals surface area contributed by atoms with E-state index in [0.29, 0.717) is 35.3 Å². The molecule has 0 N–H and O–H groups in total. The summed E-state index contributed by atoms with van der Waals surface area (Å²) in [5.74, 6) is 0.521. The Morgan fingerprint density at radius 3 is 1.22 bits per heavy atom. The molecule has 0 aromatic rings. The van der Waals surface area contributed by atoms with E-state index in [-0.39, 0.29) is 0 Å². The van der Waals surface area contributed by atoms with Crippen LogP contribution in [0.5, 0.6) is 0 Å². The van der Waals surface area contributed by atoms with Crippen LogP contribution in [0.3, 0.4) is 0 Å². The Kier molecular flexibility index (Phi) is 14.1. The van der Waals surface area contributed by atoms with Gasteiger partial charge in [0.2, 0.25) is 0 Å². The van der Waals surface area contributed by atoms with Crippen molar-refractivity contribution in [3.63, 3.8) is 0 Å². The van der Waals surface area contributed by atoms with Gasteiger partial charge in [0, 0.05) is 17.2 Å². The van der Waals surface area contributed by atoms with E-state index < -0.39 is 59.7 Å². The van der Waals surface area contributed by atoms with Crippen molar-refractivity contribution in [2.75, 3.05) is 5.88 Å². The average Bonchev–Trinajstić information content (AvgIpc) is 2.55. The normalized spacial score (nSPS) is 18.5. The van der Waals surface area contributed by atoms with E-state index in [4.69, 9.17) is 28.1 Å². The summed E-state index contributed by atoms with van der Waals surface area (Å²) >= 11 is 6.07. The first kappa shape index (κ1) is 33.2. The van der Waals surface area contributed by atoms with E-state index >= 15 is 0 Å². The van der Waals surface area contributed by atoms with Gasteiger partial charge in [-0.05, 0) is 83.5 Å². The molecule has 2 unspecified atom stereocenters. The molecule has 0 aromatic heterocycles. The van der Waals surface area contributed by atoms with Crippen molar-refractivity contribution in [1.82, 2.24) is 0 Å². The maximum Gasteiger partial charge on any atom is 0.319 e. The van der Waals surface area contributed by atoms with E-state index in [1.807, 2.05) is 26.9 Å². The van der Waals surface area contributed by atoms with Gasteiger partial charge in [0.05, 0.1) is 0 Å². The minimum absolute atomic E-state index is 0.504. The van der Waals surface area contributed by atoms with Crippen molar-refractivity contribution < 1.29 is 25.4 Å². The SMILES string of the molecule is CC[Si](=O)C[Si](C)(O[Si](C)(C)C)O[Si](C)(CCCCl)O[Si](C)(C[Si](=O)CC)O[Si](C)(C)C. The molecule has 6 nitrogen and oxygen atoms in total. The van der Waals surface area contributed by atoms with Gasteiger partial charge in [-0.15, -0.1) is 11.6 Å². The highest BCUT2D eigenvalue weighted by Gasteiger charge is 2.51. The third-order valence-electron chi connectivity index (χ3n) is 4.50. The Morgan fingerprint density at radius 1 is 0.625 bits per heavy atom. The van der Waals surface area contributed by atoms with Gasteiger partial charge in [-0.25, -0.2) is 0 Å². The molecule has 0 heterocycles. The Morgan fingerprint density at radius 2 is 0.969 bits per heavy atom. The number of rotatable bonds is 17. The molecule has 0 aromatic carbocycles. The van der Waals surface area contributed by atoms with Crippen molar-refractivity contribution in [2.45, 2.75) is 109 Å². The first-order chi connectivity index (χ1) is 14.3. The van der Waals surface area contributed by atoms with E-state index in [1.165, 1.54) is 0 Å². The summed E-state index contributed by atoms with van der Waals surface area (Å²) in [5.41, 5.74) is 1.01. The van der Waals surface area contributed by atoms with Crippen molar-refractivity contribution >= 4 is 71.3 Å². The molecular weight excluding hydrogens is 544 g/mol. The number of halogens is 1. The standard InChI is InChI=1S/C18H47ClO6Si7/c1-12-26(20)17-31(10,22-28(3,4)5)24-30(9,16-14-15-19)25-32(11,18-27(21)13-2)23-29(6,7)8/h12-18H2,1-11H3. The molecule has 0 aliphatic rings. The quantitative estimate of drug-likeness (QED) is 0.142. The van der Waals surface area contributed by atoms with Crippen LogP contribution in [0.2, 0.25) is 88.4 Å². The first-order valence-electron chi connectivity index (χ1n) is 11.7. The summed E-state index contributed by atoms with van der Waals surface area (Å²) in [5, 5.41) is 0. The lowest BCUT2D eigenvalue weighted by atomic mass is 10.6. The van der Waals surface area contributed by atoms with Crippen LogP contribution in [0.25, 0.3) is 0 Å². The fourth-order valence-electron chi connectivity index (χ4n) is 3.87. The van der Waals surface area contributed by atoms with E-state index in [1.54, 1.807) is 0 Å². The molecular formula is C18H47ClO6Si7. The van der Waals surface area contributed by atoms with Crippen molar-refractivity contribution in [2.24, 2.45) is 0 Å². The maximum atomic E-state index is 12.7. The monoisotopic (exact) mass is 590 g/mol. The molecule has 0 saturated carbocycles. The molecule has 2 atom stereocenters. The molecule has 0 amide bonds. The molecule has 32 heavy (non-hydrogen) atoms. The molecule has 0 saturated heterocycles. The topological polar surface area (TPSA) is 71.1 Å². The molecule has 14 heteroatoms. The Labute approximate surface area is 210 Å². The van der Waals surface area contributed by atoms with Crippen LogP contribution in [0.4, 0.5) is 0 Å². The summed E-state index contributed by atoms with van der Waals surface area (Å²) in [4.78, 5) is 0. The third kappa shape index (κ3) is 14.6. The van der Waals surface area contributed by atoms with Gasteiger partial charge in [-0.1, -0.05) is 13.8 Å². The summed E-state index contributed by atoms with van der Waals surface area (Å²) in [6.07, 6.45) is 0.769. The van der Waals surface area contributed by atoms with Crippen molar-refractivity contribution in [3.05, 3.63) is 0 Å². The summed E-state index contributed by atoms with van der Waals surface area (Å²) in [6, 6.07) is 2.01. The Bertz CT molecular complexity index is 582. The summed E-state index contributed by atoms with van der Waals surface area (Å²) < 4.78 is 52.4. The van der Waals surface area contributed by atoms with Crippen molar-refractivity contribution in [1.29, 1.82) is 0 Å². The maximum absolute atomic E-state index is 12.7. The lowest BCUT2D eigenvalue weighted by Gasteiger charge is -2.44. The lowest BCUT2D eigenvalue weighted by Crippen LogP contribution is -2.62. The van der Waals surface area contributed by atoms with Crippen molar-refractivity contribution in [3.8, 4) is 0 Å². The number of hydrogen-bond acceptors (Lipinski definition) is 6. The summed E-state index contributed by atoms with van der Waals surface area (Å²) in [6.45, 7) is 22.9. The molecule has 190 valence electrons. The molecule has 0 aliphatic carbocycles. The van der Waals surface area contributed by atoms with Crippen LogP contribution in [0, 0.1) is 0 Å². The molecule has 0 aliphatic heterocycles. The third-order valence-corrected chi connectivity index (χ3v) is 31.2. The van der Waals surface area contributed by atoms with Gasteiger partial charge < -0.3 is 25.4 Å². The molecule has 0 rings (SSSR count). The Balaban J connectivity index is 6.18. The van der Waals surface area contributed by atoms with Gasteiger partial charge >= 0.3 is 25.7 Å². The fourth-order valence-corrected chi connectivity index (χ4v) is 36.6. The van der Waals surface area contributed by atoms with Gasteiger partial charge in [0.15, 0.2) is 16.6 Å². The predicted octanol–water partition coefficient (Wildman–Crippen LogP) is 6.53. The highest BCUT2D eigenvalue weighted by Crippen LogP contribution is 2.33. The zero-order valence-corrected chi connectivity index (χ0v) is 30.0. The van der Waals surface area contributed by atoms with Gasteiger partial charge in [-0.2, -0.15) is 0 Å². The zero-order chi connectivity index (χ0) is 25.4. The van der Waals surface area contributed by atoms with Gasteiger partial charge in [0.1, 0.15) is 0 Å². The molecule has 0 radical (unpaired) electrons. The zero-order valence-electron chi connectivity index (χ0n) is 22.3. The van der Waals surface area contributed by atoms with E-state index in [9.17, 15) is 8.92 Å². The highest BCUT2D eigenvalue weighted by atomic mass is 35.5. The number of alkyl halides is 1. The molecule has 0 bridgehead atoms. The fraction of sp³-hybridized carbons (Fsp3) is 1.00. The highest BCUT2D eigenvalue weighted by molar-refractivity contribution is 6.94. The van der Waals surface area contributed by atoms with Crippen LogP contribution in [0.15, 0.2) is 0 Å². The second kappa shape index (κ2) is 13.5. The molecule has 0 spiro atoms. The lowest BCUT2D eigenvalue weighted by molar-refractivity contribution is 0.289. The van der Waals surface area contributed by atoms with E-state index in [0.717, 1.165) is 6.42 Å².